The Labute approximate surface area is 122 Å². The van der Waals surface area contributed by atoms with Crippen molar-refractivity contribution in [2.75, 3.05) is 26.2 Å². The molecule has 0 bridgehead atoms. The molecule has 2 rings (SSSR count). The van der Waals surface area contributed by atoms with E-state index < -0.39 is 0 Å². The first-order chi connectivity index (χ1) is 9.76. The van der Waals surface area contributed by atoms with Crippen LogP contribution in [0, 0.1) is 0 Å². The number of hydrogen-bond acceptors (Lipinski definition) is 5. The topological polar surface area (TPSA) is 54.2 Å². The molecular weight excluding hydrogens is 252 g/mol. The lowest BCUT2D eigenvalue weighted by molar-refractivity contribution is 0.155. The van der Waals surface area contributed by atoms with Crippen LogP contribution in [0.15, 0.2) is 4.52 Å². The van der Waals surface area contributed by atoms with Crippen LogP contribution >= 0.6 is 0 Å². The Kier molecular flexibility index (Phi) is 5.98. The molecule has 2 heterocycles. The minimum Gasteiger partial charge on any atom is -0.339 e. The SMILES string of the molecule is CCCC(C)c1nc(C(CCC)N2CCNCC2)no1. The van der Waals surface area contributed by atoms with E-state index in [0.29, 0.717) is 12.0 Å². The Hall–Kier alpha value is -0.940. The van der Waals surface area contributed by atoms with Crippen molar-refractivity contribution in [2.24, 2.45) is 0 Å². The molecule has 0 spiro atoms. The highest BCUT2D eigenvalue weighted by molar-refractivity contribution is 4.99. The Bertz CT molecular complexity index is 387. The van der Waals surface area contributed by atoms with Crippen molar-refractivity contribution in [3.8, 4) is 0 Å². The molecule has 0 aliphatic carbocycles. The average Bonchev–Trinajstić information content (AvgIpc) is 2.95. The molecule has 0 saturated carbocycles. The van der Waals surface area contributed by atoms with Gasteiger partial charge in [-0.15, -0.1) is 0 Å². The summed E-state index contributed by atoms with van der Waals surface area (Å²) in [4.78, 5) is 7.17. The fourth-order valence-corrected chi connectivity index (χ4v) is 2.88. The van der Waals surface area contributed by atoms with Gasteiger partial charge in [0.2, 0.25) is 5.89 Å². The van der Waals surface area contributed by atoms with E-state index in [9.17, 15) is 0 Å². The van der Waals surface area contributed by atoms with Crippen molar-refractivity contribution in [1.82, 2.24) is 20.4 Å². The first-order valence-corrected chi connectivity index (χ1v) is 8.04. The van der Waals surface area contributed by atoms with Crippen LogP contribution in [0.5, 0.6) is 0 Å². The van der Waals surface area contributed by atoms with Gasteiger partial charge in [0.25, 0.3) is 0 Å². The lowest BCUT2D eigenvalue weighted by Gasteiger charge is -2.33. The summed E-state index contributed by atoms with van der Waals surface area (Å²) in [7, 11) is 0. The van der Waals surface area contributed by atoms with Crippen LogP contribution in [0.3, 0.4) is 0 Å². The molecule has 5 nitrogen and oxygen atoms in total. The van der Waals surface area contributed by atoms with Crippen molar-refractivity contribution >= 4 is 0 Å². The number of nitrogens with one attached hydrogen (secondary N) is 1. The molecule has 20 heavy (non-hydrogen) atoms. The maximum atomic E-state index is 5.49. The maximum Gasteiger partial charge on any atom is 0.229 e. The van der Waals surface area contributed by atoms with E-state index in [2.05, 4.69) is 41.1 Å². The molecular formula is C15H28N4O. The minimum atomic E-state index is 0.313. The van der Waals surface area contributed by atoms with Gasteiger partial charge in [-0.1, -0.05) is 38.8 Å². The zero-order chi connectivity index (χ0) is 14.4. The second-order valence-electron chi connectivity index (χ2n) is 5.77. The van der Waals surface area contributed by atoms with Crippen LogP contribution in [-0.2, 0) is 0 Å². The van der Waals surface area contributed by atoms with E-state index >= 15 is 0 Å². The van der Waals surface area contributed by atoms with Gasteiger partial charge in [0.1, 0.15) is 0 Å². The van der Waals surface area contributed by atoms with E-state index in [1.54, 1.807) is 0 Å². The van der Waals surface area contributed by atoms with Crippen LogP contribution < -0.4 is 5.32 Å². The molecule has 0 amide bonds. The monoisotopic (exact) mass is 280 g/mol. The fourth-order valence-electron chi connectivity index (χ4n) is 2.88. The third kappa shape index (κ3) is 3.79. The van der Waals surface area contributed by atoms with E-state index in [4.69, 9.17) is 4.52 Å². The Morgan fingerprint density at radius 2 is 1.90 bits per heavy atom. The summed E-state index contributed by atoms with van der Waals surface area (Å²) < 4.78 is 5.49. The highest BCUT2D eigenvalue weighted by Gasteiger charge is 2.26. The van der Waals surface area contributed by atoms with Gasteiger partial charge < -0.3 is 9.84 Å². The number of piperazine rings is 1. The predicted octanol–water partition coefficient (Wildman–Crippen LogP) is 2.72. The number of nitrogens with zero attached hydrogens (tertiary/aromatic N) is 3. The first-order valence-electron chi connectivity index (χ1n) is 8.04. The van der Waals surface area contributed by atoms with Gasteiger partial charge in [-0.25, -0.2) is 0 Å². The maximum absolute atomic E-state index is 5.49. The molecule has 0 radical (unpaired) electrons. The second kappa shape index (κ2) is 7.74. The molecule has 5 heteroatoms. The summed E-state index contributed by atoms with van der Waals surface area (Å²) in [5.74, 6) is 2.05. The molecule has 1 aromatic rings. The highest BCUT2D eigenvalue weighted by atomic mass is 16.5. The predicted molar refractivity (Wildman–Crippen MR) is 79.7 cm³/mol. The number of rotatable bonds is 7. The second-order valence-corrected chi connectivity index (χ2v) is 5.77. The van der Waals surface area contributed by atoms with Crippen LogP contribution in [0.4, 0.5) is 0 Å². The number of hydrogen-bond donors (Lipinski definition) is 1. The molecule has 2 unspecified atom stereocenters. The lowest BCUT2D eigenvalue weighted by atomic mass is 10.1. The average molecular weight is 280 g/mol. The van der Waals surface area contributed by atoms with E-state index in [0.717, 1.165) is 63.6 Å². The van der Waals surface area contributed by atoms with Crippen LogP contribution in [0.25, 0.3) is 0 Å². The van der Waals surface area contributed by atoms with Gasteiger partial charge in [-0.3, -0.25) is 4.90 Å². The molecule has 0 aromatic carbocycles. The van der Waals surface area contributed by atoms with E-state index in [-0.39, 0.29) is 0 Å². The Morgan fingerprint density at radius 1 is 1.20 bits per heavy atom. The molecule has 1 aliphatic rings. The Balaban J connectivity index is 2.08. The molecule has 1 fully saturated rings. The van der Waals surface area contributed by atoms with Crippen LogP contribution in [0.1, 0.15) is 70.1 Å². The molecule has 1 aromatic heterocycles. The van der Waals surface area contributed by atoms with Gasteiger partial charge in [0, 0.05) is 32.1 Å². The summed E-state index contributed by atoms with van der Waals surface area (Å²) in [6.45, 7) is 10.8. The van der Waals surface area contributed by atoms with Crippen molar-refractivity contribution < 1.29 is 4.52 Å². The zero-order valence-corrected chi connectivity index (χ0v) is 13.1. The minimum absolute atomic E-state index is 0.313. The summed E-state index contributed by atoms with van der Waals surface area (Å²) in [5, 5.41) is 7.66. The van der Waals surface area contributed by atoms with Crippen LogP contribution in [-0.4, -0.2) is 41.2 Å². The third-order valence-corrected chi connectivity index (χ3v) is 4.05. The first kappa shape index (κ1) is 15.4. The smallest absolute Gasteiger partial charge is 0.229 e. The summed E-state index contributed by atoms with van der Waals surface area (Å²) in [6, 6.07) is 0.313. The van der Waals surface area contributed by atoms with Crippen molar-refractivity contribution in [3.63, 3.8) is 0 Å². The van der Waals surface area contributed by atoms with E-state index in [1.165, 1.54) is 0 Å². The third-order valence-electron chi connectivity index (χ3n) is 4.05. The van der Waals surface area contributed by atoms with Crippen molar-refractivity contribution in [3.05, 3.63) is 11.7 Å². The molecule has 114 valence electrons. The summed E-state index contributed by atoms with van der Waals surface area (Å²) >= 11 is 0. The molecule has 2 atom stereocenters. The fraction of sp³-hybridized carbons (Fsp3) is 0.867. The van der Waals surface area contributed by atoms with Gasteiger partial charge in [0.15, 0.2) is 5.82 Å². The van der Waals surface area contributed by atoms with Gasteiger partial charge >= 0.3 is 0 Å². The standard InChI is InChI=1S/C15H28N4O/c1-4-6-12(3)15-17-14(18-20-15)13(7-5-2)19-10-8-16-9-11-19/h12-13,16H,4-11H2,1-3H3. The van der Waals surface area contributed by atoms with Gasteiger partial charge in [-0.05, 0) is 12.8 Å². The largest absolute Gasteiger partial charge is 0.339 e. The van der Waals surface area contributed by atoms with Crippen molar-refractivity contribution in [2.45, 2.75) is 58.4 Å². The molecule has 1 aliphatic heterocycles. The van der Waals surface area contributed by atoms with E-state index in [1.807, 2.05) is 0 Å². The van der Waals surface area contributed by atoms with Gasteiger partial charge in [-0.2, -0.15) is 4.98 Å². The number of aromatic nitrogens is 2. The Morgan fingerprint density at radius 3 is 2.55 bits per heavy atom. The zero-order valence-electron chi connectivity index (χ0n) is 13.1. The molecule has 1 N–H and O–H groups in total. The highest BCUT2D eigenvalue weighted by Crippen LogP contribution is 2.26. The lowest BCUT2D eigenvalue weighted by Crippen LogP contribution is -2.45. The summed E-state index contributed by atoms with van der Waals surface area (Å²) in [5.41, 5.74) is 0. The summed E-state index contributed by atoms with van der Waals surface area (Å²) in [6.07, 6.45) is 4.49. The van der Waals surface area contributed by atoms with Crippen LogP contribution in [0.2, 0.25) is 0 Å². The quantitative estimate of drug-likeness (QED) is 0.832. The molecule has 1 saturated heterocycles. The normalized spacial score (nSPS) is 19.9. The van der Waals surface area contributed by atoms with Crippen molar-refractivity contribution in [1.29, 1.82) is 0 Å². The van der Waals surface area contributed by atoms with Gasteiger partial charge in [0.05, 0.1) is 6.04 Å².